The maximum absolute atomic E-state index is 13.7. The molecule has 28 heavy (non-hydrogen) atoms. The van der Waals surface area contributed by atoms with Gasteiger partial charge in [0.2, 0.25) is 6.54 Å². The molecule has 0 aliphatic rings. The summed E-state index contributed by atoms with van der Waals surface area (Å²) in [5.74, 6) is -0.752. The second kappa shape index (κ2) is 10.4. The van der Waals surface area contributed by atoms with E-state index in [1.165, 1.54) is 0 Å². The van der Waals surface area contributed by atoms with Gasteiger partial charge in [0.25, 0.3) is 0 Å². The summed E-state index contributed by atoms with van der Waals surface area (Å²) < 4.78 is 24.9. The first-order chi connectivity index (χ1) is 13.3. The predicted molar refractivity (Wildman–Crippen MR) is 111 cm³/mol. The molecule has 2 aromatic carbocycles. The molecule has 0 heterocycles. The molecule has 0 aromatic heterocycles. The highest BCUT2D eigenvalue weighted by molar-refractivity contribution is 7.54. The fraction of sp³-hybridized carbons (Fsp3) is 0.368. The molecule has 0 spiro atoms. The van der Waals surface area contributed by atoms with Gasteiger partial charge < -0.3 is 9.05 Å². The van der Waals surface area contributed by atoms with E-state index in [4.69, 9.17) is 32.2 Å². The van der Waals surface area contributed by atoms with Crippen molar-refractivity contribution in [3.8, 4) is 0 Å². The minimum absolute atomic E-state index is 0.146. The van der Waals surface area contributed by atoms with Crippen molar-refractivity contribution >= 4 is 30.8 Å². The number of benzene rings is 2. The van der Waals surface area contributed by atoms with Crippen LogP contribution in [0.5, 0.6) is 0 Å². The van der Waals surface area contributed by atoms with E-state index >= 15 is 0 Å². The first kappa shape index (κ1) is 22.9. The zero-order valence-electron chi connectivity index (χ0n) is 15.6. The van der Waals surface area contributed by atoms with Gasteiger partial charge in [0, 0.05) is 15.0 Å². The standard InChI is InChI=1S/C19H22Cl2NO5P/c1-3-26-28(25,27-4-2)19(15-7-11-17(21)12-8-15)18(13-22(23)24)14-5-9-16(20)10-6-14/h5-12,18-19H,3-4,13H2,1-2H3/t18-,19-/m1/s1. The average Bonchev–Trinajstić information content (AvgIpc) is 2.63. The van der Waals surface area contributed by atoms with Gasteiger partial charge in [-0.1, -0.05) is 47.5 Å². The zero-order valence-corrected chi connectivity index (χ0v) is 18.0. The third kappa shape index (κ3) is 5.79. The molecule has 0 aliphatic heterocycles. The van der Waals surface area contributed by atoms with Crippen molar-refractivity contribution in [1.29, 1.82) is 0 Å². The summed E-state index contributed by atoms with van der Waals surface area (Å²) >= 11 is 12.0. The van der Waals surface area contributed by atoms with Crippen molar-refractivity contribution in [2.75, 3.05) is 19.8 Å². The molecule has 0 aliphatic carbocycles. The Balaban J connectivity index is 2.66. The smallest absolute Gasteiger partial charge is 0.308 e. The summed E-state index contributed by atoms with van der Waals surface area (Å²) in [6.45, 7) is 3.25. The van der Waals surface area contributed by atoms with Crippen LogP contribution in [0.25, 0.3) is 0 Å². The predicted octanol–water partition coefficient (Wildman–Crippen LogP) is 6.36. The molecule has 0 bridgehead atoms. The third-order valence-electron chi connectivity index (χ3n) is 4.20. The summed E-state index contributed by atoms with van der Waals surface area (Å²) in [5, 5.41) is 12.5. The monoisotopic (exact) mass is 445 g/mol. The largest absolute Gasteiger partial charge is 0.338 e. The Morgan fingerprint density at radius 3 is 1.75 bits per heavy atom. The Morgan fingerprint density at radius 2 is 1.36 bits per heavy atom. The van der Waals surface area contributed by atoms with Crippen LogP contribution in [-0.2, 0) is 13.6 Å². The van der Waals surface area contributed by atoms with E-state index in [9.17, 15) is 14.7 Å². The van der Waals surface area contributed by atoms with Gasteiger partial charge in [-0.15, -0.1) is 0 Å². The molecule has 0 amide bonds. The molecule has 6 nitrogen and oxygen atoms in total. The lowest BCUT2D eigenvalue weighted by atomic mass is 9.91. The van der Waals surface area contributed by atoms with Crippen molar-refractivity contribution in [3.05, 3.63) is 79.8 Å². The summed E-state index contributed by atoms with van der Waals surface area (Å²) in [6.07, 6.45) is 0. The highest BCUT2D eigenvalue weighted by Gasteiger charge is 2.45. The van der Waals surface area contributed by atoms with Crippen LogP contribution in [0.1, 0.15) is 36.6 Å². The molecule has 2 atom stereocenters. The van der Waals surface area contributed by atoms with Crippen molar-refractivity contribution in [2.45, 2.75) is 25.4 Å². The van der Waals surface area contributed by atoms with Crippen LogP contribution in [0, 0.1) is 10.1 Å². The highest BCUT2D eigenvalue weighted by Crippen LogP contribution is 2.65. The van der Waals surface area contributed by atoms with Gasteiger partial charge in [0.1, 0.15) is 0 Å². The van der Waals surface area contributed by atoms with Gasteiger partial charge in [0.05, 0.1) is 24.8 Å². The summed E-state index contributed by atoms with van der Waals surface area (Å²) in [4.78, 5) is 11.0. The number of halogens is 2. The zero-order chi connectivity index (χ0) is 20.7. The van der Waals surface area contributed by atoms with Crippen LogP contribution in [0.15, 0.2) is 48.5 Å². The van der Waals surface area contributed by atoms with Crippen molar-refractivity contribution in [2.24, 2.45) is 0 Å². The normalized spacial score (nSPS) is 13.9. The molecular formula is C19H22Cl2NO5P. The van der Waals surface area contributed by atoms with Crippen LogP contribution >= 0.6 is 30.8 Å². The topological polar surface area (TPSA) is 78.7 Å². The first-order valence-corrected chi connectivity index (χ1v) is 11.2. The molecule has 0 saturated heterocycles. The van der Waals surface area contributed by atoms with Crippen LogP contribution in [0.4, 0.5) is 0 Å². The first-order valence-electron chi connectivity index (χ1n) is 8.82. The maximum Gasteiger partial charge on any atom is 0.338 e. The van der Waals surface area contributed by atoms with E-state index in [0.29, 0.717) is 21.2 Å². The lowest BCUT2D eigenvalue weighted by molar-refractivity contribution is -0.483. The summed E-state index contributed by atoms with van der Waals surface area (Å²) in [6, 6.07) is 13.4. The molecule has 2 aromatic rings. The molecule has 0 fully saturated rings. The van der Waals surface area contributed by atoms with Gasteiger partial charge >= 0.3 is 7.60 Å². The van der Waals surface area contributed by atoms with E-state index in [1.807, 2.05) is 0 Å². The Kier molecular flexibility index (Phi) is 8.47. The molecule has 0 N–H and O–H groups in total. The van der Waals surface area contributed by atoms with E-state index in [2.05, 4.69) is 0 Å². The average molecular weight is 446 g/mol. The van der Waals surface area contributed by atoms with Gasteiger partial charge in [-0.3, -0.25) is 14.7 Å². The van der Waals surface area contributed by atoms with Crippen molar-refractivity contribution < 1.29 is 18.5 Å². The van der Waals surface area contributed by atoms with Crippen LogP contribution in [0.3, 0.4) is 0 Å². The second-order valence-electron chi connectivity index (χ2n) is 6.05. The summed E-state index contributed by atoms with van der Waals surface area (Å²) in [5.41, 5.74) is 0.341. The highest BCUT2D eigenvalue weighted by atomic mass is 35.5. The van der Waals surface area contributed by atoms with Crippen LogP contribution < -0.4 is 0 Å². The molecule has 2 rings (SSSR count). The summed E-state index contributed by atoms with van der Waals surface area (Å²) in [7, 11) is -3.74. The van der Waals surface area contributed by atoms with Crippen LogP contribution in [-0.4, -0.2) is 24.7 Å². The fourth-order valence-corrected chi connectivity index (χ4v) is 5.72. The lowest BCUT2D eigenvalue weighted by Crippen LogP contribution is -2.22. The molecule has 0 unspecified atom stereocenters. The Morgan fingerprint density at radius 1 is 0.929 bits per heavy atom. The van der Waals surface area contributed by atoms with E-state index in [0.717, 1.165) is 0 Å². The van der Waals surface area contributed by atoms with Gasteiger partial charge in [-0.05, 0) is 49.2 Å². The molecule has 0 saturated carbocycles. The minimum Gasteiger partial charge on any atom is -0.308 e. The Labute approximate surface area is 174 Å². The lowest BCUT2D eigenvalue weighted by Gasteiger charge is -2.31. The number of hydrogen-bond acceptors (Lipinski definition) is 5. The Hall–Kier alpha value is -1.43. The fourth-order valence-electron chi connectivity index (χ4n) is 3.11. The molecule has 0 radical (unpaired) electrons. The number of nitrogens with zero attached hydrogens (tertiary/aromatic N) is 1. The number of hydrogen-bond donors (Lipinski definition) is 0. The maximum atomic E-state index is 13.7. The SMILES string of the molecule is CCOP(=O)(OCC)[C@H](c1ccc(Cl)cc1)[C@H](C[N+](=O)[O-])c1ccc(Cl)cc1. The molecule has 9 heteroatoms. The Bertz CT molecular complexity index is 819. The van der Waals surface area contributed by atoms with Crippen molar-refractivity contribution in [3.63, 3.8) is 0 Å². The second-order valence-corrected chi connectivity index (χ2v) is 9.07. The van der Waals surface area contributed by atoms with E-state index < -0.39 is 30.6 Å². The quantitative estimate of drug-likeness (QED) is 0.241. The van der Waals surface area contributed by atoms with Gasteiger partial charge in [-0.2, -0.15) is 0 Å². The van der Waals surface area contributed by atoms with Crippen LogP contribution in [0.2, 0.25) is 10.0 Å². The number of rotatable bonds is 10. The van der Waals surface area contributed by atoms with E-state index in [-0.39, 0.29) is 13.2 Å². The van der Waals surface area contributed by atoms with Gasteiger partial charge in [-0.25, -0.2) is 0 Å². The van der Waals surface area contributed by atoms with E-state index in [1.54, 1.807) is 62.4 Å². The van der Waals surface area contributed by atoms with Gasteiger partial charge in [0.15, 0.2) is 0 Å². The minimum atomic E-state index is -3.74. The molecule has 152 valence electrons. The van der Waals surface area contributed by atoms with Crippen molar-refractivity contribution in [1.82, 2.24) is 0 Å². The third-order valence-corrected chi connectivity index (χ3v) is 7.27. The number of nitro groups is 1. The molecular weight excluding hydrogens is 424 g/mol.